The molecule has 8 heavy (non-hydrogen) atoms. The van der Waals surface area contributed by atoms with E-state index in [1.165, 1.54) is 19.3 Å². The first-order chi connectivity index (χ1) is 3.92. The van der Waals surface area contributed by atoms with Gasteiger partial charge in [0.25, 0.3) is 0 Å². The van der Waals surface area contributed by atoms with Gasteiger partial charge in [0.15, 0.2) is 0 Å². The largest absolute Gasteiger partial charge is 0.0847 e. The van der Waals surface area contributed by atoms with E-state index in [1.54, 1.807) is 5.57 Å². The third kappa shape index (κ3) is 0.367. The highest BCUT2D eigenvalue weighted by Gasteiger charge is 2.37. The van der Waals surface area contributed by atoms with E-state index in [4.69, 9.17) is 0 Å². The number of rotatable bonds is 1. The molecule has 3 rings (SSSR count). The molecule has 0 amide bonds. The first-order valence-electron chi connectivity index (χ1n) is 3.60. The molecule has 0 heterocycles. The van der Waals surface area contributed by atoms with Crippen LogP contribution in [0.3, 0.4) is 0 Å². The molecule has 0 radical (unpaired) electrons. The Morgan fingerprint density at radius 1 is 1.75 bits per heavy atom. The quantitative estimate of drug-likeness (QED) is 0.452. The summed E-state index contributed by atoms with van der Waals surface area (Å²) >= 11 is 0. The predicted octanol–water partition coefficient (Wildman–Crippen LogP) is 2.36. The van der Waals surface area contributed by atoms with Crippen molar-refractivity contribution in [3.8, 4) is 0 Å². The summed E-state index contributed by atoms with van der Waals surface area (Å²) in [5.74, 6) is 2.10. The van der Waals surface area contributed by atoms with Crippen molar-refractivity contribution in [1.29, 1.82) is 0 Å². The maximum atomic E-state index is 2.44. The molecule has 0 aliphatic heterocycles. The minimum atomic E-state index is 1.02. The van der Waals surface area contributed by atoms with E-state index in [9.17, 15) is 0 Å². The average Bonchev–Trinajstić information content (AvgIpc) is 2.19. The Labute approximate surface area is 50.6 Å². The van der Waals surface area contributed by atoms with Crippen molar-refractivity contribution in [2.45, 2.75) is 26.2 Å². The van der Waals surface area contributed by atoms with Crippen LogP contribution in [0.1, 0.15) is 26.2 Å². The summed E-state index contributed by atoms with van der Waals surface area (Å²) in [5.41, 5.74) is 1.76. The van der Waals surface area contributed by atoms with Crippen LogP contribution in [-0.4, -0.2) is 0 Å². The van der Waals surface area contributed by atoms with Crippen LogP contribution in [0.5, 0.6) is 0 Å². The molecular weight excluding hydrogens is 96.1 g/mol. The average molecular weight is 108 g/mol. The lowest BCUT2D eigenvalue weighted by Crippen LogP contribution is -2.21. The van der Waals surface area contributed by atoms with E-state index < -0.39 is 0 Å². The van der Waals surface area contributed by atoms with Gasteiger partial charge in [-0.05, 0) is 31.1 Å². The summed E-state index contributed by atoms with van der Waals surface area (Å²) in [5, 5.41) is 0. The number of fused-ring (bicyclic) bond motifs is 1. The van der Waals surface area contributed by atoms with Gasteiger partial charge in [-0.3, -0.25) is 0 Å². The van der Waals surface area contributed by atoms with Gasteiger partial charge in [-0.1, -0.05) is 18.6 Å². The highest BCUT2D eigenvalue weighted by molar-refractivity contribution is 5.25. The molecule has 44 valence electrons. The lowest BCUT2D eigenvalue weighted by molar-refractivity contribution is 0.306. The van der Waals surface area contributed by atoms with Crippen molar-refractivity contribution in [2.24, 2.45) is 11.8 Å². The normalized spacial score (nSPS) is 41.4. The zero-order valence-corrected chi connectivity index (χ0v) is 5.35. The monoisotopic (exact) mass is 108 g/mol. The lowest BCUT2D eigenvalue weighted by atomic mass is 9.73. The topological polar surface area (TPSA) is 0 Å². The van der Waals surface area contributed by atoms with Crippen LogP contribution < -0.4 is 0 Å². The molecule has 1 fully saturated rings. The SMILES string of the molecule is CCC1C2=CCC1C2. The standard InChI is InChI=1S/C8H12/c1-2-8-6-3-4-7(8)5-6/h3,7-8H,2,4-5H2,1H3. The third-order valence-corrected chi connectivity index (χ3v) is 2.67. The van der Waals surface area contributed by atoms with Gasteiger partial charge in [0.05, 0.1) is 0 Å². The Balaban J connectivity index is 2.13. The second-order valence-electron chi connectivity index (χ2n) is 2.99. The smallest absolute Gasteiger partial charge is 0.0171 e. The first-order valence-corrected chi connectivity index (χ1v) is 3.60. The summed E-state index contributed by atoms with van der Waals surface area (Å²) in [6.07, 6.45) is 6.67. The molecule has 0 heteroatoms. The Morgan fingerprint density at radius 2 is 2.62 bits per heavy atom. The van der Waals surface area contributed by atoms with Gasteiger partial charge in [0, 0.05) is 0 Å². The molecule has 0 N–H and O–H groups in total. The van der Waals surface area contributed by atoms with Crippen molar-refractivity contribution < 1.29 is 0 Å². The maximum absolute atomic E-state index is 2.44. The fraction of sp³-hybridized carbons (Fsp3) is 0.750. The third-order valence-electron chi connectivity index (χ3n) is 2.67. The Hall–Kier alpha value is -0.260. The summed E-state index contributed by atoms with van der Waals surface area (Å²) in [4.78, 5) is 0. The molecule has 2 unspecified atom stereocenters. The lowest BCUT2D eigenvalue weighted by Gasteiger charge is -2.31. The molecule has 0 aromatic rings. The van der Waals surface area contributed by atoms with Gasteiger partial charge >= 0.3 is 0 Å². The fourth-order valence-electron chi connectivity index (χ4n) is 2.12. The van der Waals surface area contributed by atoms with Crippen LogP contribution >= 0.6 is 0 Å². The van der Waals surface area contributed by atoms with Crippen LogP contribution in [0, 0.1) is 11.8 Å². The van der Waals surface area contributed by atoms with E-state index >= 15 is 0 Å². The maximum Gasteiger partial charge on any atom is -0.0171 e. The van der Waals surface area contributed by atoms with Crippen molar-refractivity contribution in [2.75, 3.05) is 0 Å². The van der Waals surface area contributed by atoms with E-state index in [2.05, 4.69) is 13.0 Å². The van der Waals surface area contributed by atoms with Crippen molar-refractivity contribution in [3.63, 3.8) is 0 Å². The molecule has 0 saturated heterocycles. The molecule has 2 bridgehead atoms. The molecule has 0 aromatic carbocycles. The Bertz CT molecular complexity index is 131. The van der Waals surface area contributed by atoms with Crippen molar-refractivity contribution >= 4 is 0 Å². The summed E-state index contributed by atoms with van der Waals surface area (Å²) < 4.78 is 0. The highest BCUT2D eigenvalue weighted by Crippen LogP contribution is 2.50. The van der Waals surface area contributed by atoms with Gasteiger partial charge in [-0.15, -0.1) is 0 Å². The van der Waals surface area contributed by atoms with E-state index in [0.717, 1.165) is 11.8 Å². The number of hydrogen-bond acceptors (Lipinski definition) is 0. The van der Waals surface area contributed by atoms with E-state index in [0.29, 0.717) is 0 Å². The summed E-state index contributed by atoms with van der Waals surface area (Å²) in [6, 6.07) is 0. The number of hydrogen-bond donors (Lipinski definition) is 0. The molecule has 0 aromatic heterocycles. The molecule has 0 spiro atoms. The molecule has 1 saturated carbocycles. The molecule has 0 nitrogen and oxygen atoms in total. The van der Waals surface area contributed by atoms with Crippen LogP contribution in [0.25, 0.3) is 0 Å². The zero-order chi connectivity index (χ0) is 5.56. The van der Waals surface area contributed by atoms with Gasteiger partial charge in [-0.25, -0.2) is 0 Å². The van der Waals surface area contributed by atoms with E-state index in [1.807, 2.05) is 0 Å². The van der Waals surface area contributed by atoms with Crippen LogP contribution in [-0.2, 0) is 0 Å². The molecule has 3 aliphatic carbocycles. The fourth-order valence-corrected chi connectivity index (χ4v) is 2.12. The molecule has 2 atom stereocenters. The second-order valence-corrected chi connectivity index (χ2v) is 2.99. The van der Waals surface area contributed by atoms with Crippen molar-refractivity contribution in [3.05, 3.63) is 11.6 Å². The first kappa shape index (κ1) is 4.60. The van der Waals surface area contributed by atoms with Gasteiger partial charge < -0.3 is 0 Å². The molecule has 3 aliphatic rings. The number of allylic oxidation sites excluding steroid dienone is 2. The van der Waals surface area contributed by atoms with Gasteiger partial charge in [0.2, 0.25) is 0 Å². The Kier molecular flexibility index (Phi) is 0.787. The van der Waals surface area contributed by atoms with E-state index in [-0.39, 0.29) is 0 Å². The Morgan fingerprint density at radius 3 is 2.88 bits per heavy atom. The minimum Gasteiger partial charge on any atom is -0.0847 e. The van der Waals surface area contributed by atoms with Crippen LogP contribution in [0.2, 0.25) is 0 Å². The molecular formula is C8H12. The predicted molar refractivity (Wildman–Crippen MR) is 34.6 cm³/mol. The van der Waals surface area contributed by atoms with Crippen LogP contribution in [0.4, 0.5) is 0 Å². The van der Waals surface area contributed by atoms with Gasteiger partial charge in [0.1, 0.15) is 0 Å². The highest BCUT2D eigenvalue weighted by atomic mass is 14.4. The minimum absolute atomic E-state index is 1.02. The van der Waals surface area contributed by atoms with Crippen molar-refractivity contribution in [1.82, 2.24) is 0 Å². The summed E-state index contributed by atoms with van der Waals surface area (Å²) in [7, 11) is 0. The zero-order valence-electron chi connectivity index (χ0n) is 5.35. The van der Waals surface area contributed by atoms with Gasteiger partial charge in [-0.2, -0.15) is 0 Å². The van der Waals surface area contributed by atoms with Crippen LogP contribution in [0.15, 0.2) is 11.6 Å². The summed E-state index contributed by atoms with van der Waals surface area (Å²) in [6.45, 7) is 2.30. The second kappa shape index (κ2) is 1.37.